The summed E-state index contributed by atoms with van der Waals surface area (Å²) in [7, 11) is 0. The molecule has 1 amide bonds. The molecule has 1 aliphatic rings. The third-order valence-electron chi connectivity index (χ3n) is 6.20. The molecule has 33 heavy (non-hydrogen) atoms. The zero-order chi connectivity index (χ0) is 23.2. The van der Waals surface area contributed by atoms with Gasteiger partial charge in [-0.3, -0.25) is 4.79 Å². The van der Waals surface area contributed by atoms with Crippen LogP contribution in [0.4, 0.5) is 5.82 Å². The number of imidazole rings is 1. The van der Waals surface area contributed by atoms with Crippen LogP contribution in [0.15, 0.2) is 61.1 Å². The maximum absolute atomic E-state index is 13.3. The number of carbonyl (C=O) groups is 2. The van der Waals surface area contributed by atoms with Gasteiger partial charge in [-0.1, -0.05) is 81.1 Å². The van der Waals surface area contributed by atoms with Crippen LogP contribution in [0.25, 0.3) is 11.1 Å². The molecule has 4 rings (SSSR count). The number of ether oxygens (including phenoxy) is 1. The predicted molar refractivity (Wildman–Crippen MR) is 129 cm³/mol. The molecule has 1 heterocycles. The van der Waals surface area contributed by atoms with Crippen LogP contribution in [-0.2, 0) is 14.3 Å². The molecule has 0 saturated carbocycles. The summed E-state index contributed by atoms with van der Waals surface area (Å²) in [6, 6.07) is 15.6. The van der Waals surface area contributed by atoms with E-state index in [4.69, 9.17) is 4.74 Å². The van der Waals surface area contributed by atoms with Crippen LogP contribution in [0.2, 0.25) is 0 Å². The molecule has 0 bridgehead atoms. The number of aromatic nitrogens is 2. The number of amides is 1. The standard InChI is InChI=1S/C27H31N3O3/c1-3-5-6-7-16-23(27(32)33-4-2)30-17-24(28-18-30)29-26(31)25-21-14-10-8-12-19(21)20-13-9-11-15-22(20)25/h8-15,17-18,23,25H,3-7,16H2,1-2H3,(H,29,31). The minimum Gasteiger partial charge on any atom is -0.464 e. The van der Waals surface area contributed by atoms with Gasteiger partial charge < -0.3 is 14.6 Å². The zero-order valence-corrected chi connectivity index (χ0v) is 19.3. The number of hydrogen-bond donors (Lipinski definition) is 1. The molecule has 6 heteroatoms. The van der Waals surface area contributed by atoms with Crippen molar-refractivity contribution < 1.29 is 14.3 Å². The SMILES string of the molecule is CCCCCCC(C(=O)OCC)n1cnc(NC(=O)C2c3ccccc3-c3ccccc32)c1. The summed E-state index contributed by atoms with van der Waals surface area (Å²) in [5, 5.41) is 2.97. The molecule has 1 atom stereocenters. The minimum absolute atomic E-state index is 0.131. The molecule has 1 N–H and O–H groups in total. The molecule has 1 aliphatic carbocycles. The molecular formula is C27H31N3O3. The second-order valence-corrected chi connectivity index (χ2v) is 8.42. The van der Waals surface area contributed by atoms with E-state index < -0.39 is 12.0 Å². The molecule has 0 spiro atoms. The fourth-order valence-electron chi connectivity index (χ4n) is 4.60. The molecule has 0 aliphatic heterocycles. The van der Waals surface area contributed by atoms with Gasteiger partial charge >= 0.3 is 5.97 Å². The number of hydrogen-bond acceptors (Lipinski definition) is 4. The Hall–Kier alpha value is -3.41. The van der Waals surface area contributed by atoms with Crippen molar-refractivity contribution in [3.63, 3.8) is 0 Å². The average molecular weight is 446 g/mol. The average Bonchev–Trinajstić information content (AvgIpc) is 3.41. The van der Waals surface area contributed by atoms with Crippen LogP contribution >= 0.6 is 0 Å². The third-order valence-corrected chi connectivity index (χ3v) is 6.20. The second kappa shape index (κ2) is 10.5. The first-order valence-corrected chi connectivity index (χ1v) is 11.8. The Kier molecular flexibility index (Phi) is 7.23. The van der Waals surface area contributed by atoms with E-state index in [1.807, 2.05) is 43.3 Å². The number of anilines is 1. The lowest BCUT2D eigenvalue weighted by atomic mass is 9.96. The van der Waals surface area contributed by atoms with Gasteiger partial charge in [0, 0.05) is 6.20 Å². The largest absolute Gasteiger partial charge is 0.464 e. The lowest BCUT2D eigenvalue weighted by molar-refractivity contribution is -0.147. The lowest BCUT2D eigenvalue weighted by Gasteiger charge is -2.17. The van der Waals surface area contributed by atoms with Crippen molar-refractivity contribution in [2.75, 3.05) is 11.9 Å². The highest BCUT2D eigenvalue weighted by molar-refractivity contribution is 6.02. The summed E-state index contributed by atoms with van der Waals surface area (Å²) in [4.78, 5) is 30.3. The Morgan fingerprint density at radius 1 is 1.00 bits per heavy atom. The van der Waals surface area contributed by atoms with Crippen LogP contribution < -0.4 is 5.32 Å². The number of nitrogens with zero attached hydrogens (tertiary/aromatic N) is 2. The van der Waals surface area contributed by atoms with Crippen LogP contribution in [0, 0.1) is 0 Å². The molecule has 0 radical (unpaired) electrons. The Balaban J connectivity index is 1.52. The van der Waals surface area contributed by atoms with Gasteiger partial charge in [-0.05, 0) is 35.6 Å². The number of benzene rings is 2. The Bertz CT molecular complexity index is 1080. The number of carbonyl (C=O) groups excluding carboxylic acids is 2. The molecule has 1 aromatic heterocycles. The van der Waals surface area contributed by atoms with Crippen molar-refractivity contribution in [1.29, 1.82) is 0 Å². The van der Waals surface area contributed by atoms with E-state index in [1.165, 1.54) is 0 Å². The van der Waals surface area contributed by atoms with Gasteiger partial charge in [0.2, 0.25) is 5.91 Å². The number of rotatable bonds is 10. The van der Waals surface area contributed by atoms with Crippen LogP contribution in [0.3, 0.4) is 0 Å². The number of fused-ring (bicyclic) bond motifs is 3. The van der Waals surface area contributed by atoms with E-state index in [2.05, 4.69) is 29.4 Å². The quantitative estimate of drug-likeness (QED) is 0.320. The summed E-state index contributed by atoms with van der Waals surface area (Å²) in [5.41, 5.74) is 4.17. The first-order chi connectivity index (χ1) is 16.1. The highest BCUT2D eigenvalue weighted by Crippen LogP contribution is 2.44. The normalized spacial score (nSPS) is 13.3. The first-order valence-electron chi connectivity index (χ1n) is 11.8. The number of unbranched alkanes of at least 4 members (excludes halogenated alkanes) is 3. The van der Waals surface area contributed by atoms with Gasteiger partial charge in [0.15, 0.2) is 5.82 Å². The lowest BCUT2D eigenvalue weighted by Crippen LogP contribution is -2.22. The van der Waals surface area contributed by atoms with Crippen molar-refractivity contribution in [2.45, 2.75) is 57.9 Å². The summed E-state index contributed by atoms with van der Waals surface area (Å²) in [6.45, 7) is 4.31. The zero-order valence-electron chi connectivity index (χ0n) is 19.3. The van der Waals surface area contributed by atoms with Crippen LogP contribution in [0.1, 0.15) is 69.0 Å². The van der Waals surface area contributed by atoms with Crippen molar-refractivity contribution in [1.82, 2.24) is 9.55 Å². The van der Waals surface area contributed by atoms with Gasteiger partial charge in [-0.2, -0.15) is 0 Å². The van der Waals surface area contributed by atoms with E-state index in [9.17, 15) is 9.59 Å². The highest BCUT2D eigenvalue weighted by Gasteiger charge is 2.33. The van der Waals surface area contributed by atoms with E-state index in [0.29, 0.717) is 18.8 Å². The van der Waals surface area contributed by atoms with Gasteiger partial charge in [0.1, 0.15) is 6.04 Å². The molecule has 0 fully saturated rings. The van der Waals surface area contributed by atoms with Crippen molar-refractivity contribution >= 4 is 17.7 Å². The van der Waals surface area contributed by atoms with Crippen LogP contribution in [-0.4, -0.2) is 28.0 Å². The van der Waals surface area contributed by atoms with Gasteiger partial charge in [0.05, 0.1) is 18.9 Å². The van der Waals surface area contributed by atoms with Crippen molar-refractivity contribution in [2.24, 2.45) is 0 Å². The Labute approximate surface area is 195 Å². The smallest absolute Gasteiger partial charge is 0.329 e. The van der Waals surface area contributed by atoms with Crippen LogP contribution in [0.5, 0.6) is 0 Å². The summed E-state index contributed by atoms with van der Waals surface area (Å²) < 4.78 is 7.05. The second-order valence-electron chi connectivity index (χ2n) is 8.42. The molecular weight excluding hydrogens is 414 g/mol. The Morgan fingerprint density at radius 3 is 2.30 bits per heavy atom. The summed E-state index contributed by atoms with van der Waals surface area (Å²) in [5.74, 6) is -0.349. The predicted octanol–water partition coefficient (Wildman–Crippen LogP) is 5.71. The summed E-state index contributed by atoms with van der Waals surface area (Å²) in [6.07, 6.45) is 8.31. The maximum atomic E-state index is 13.3. The molecule has 3 aromatic rings. The molecule has 1 unspecified atom stereocenters. The highest BCUT2D eigenvalue weighted by atomic mass is 16.5. The minimum atomic E-state index is -0.437. The van der Waals surface area contributed by atoms with E-state index >= 15 is 0 Å². The van der Waals surface area contributed by atoms with Gasteiger partial charge in [-0.15, -0.1) is 0 Å². The third kappa shape index (κ3) is 4.85. The van der Waals surface area contributed by atoms with E-state index in [0.717, 1.165) is 47.9 Å². The molecule has 172 valence electrons. The van der Waals surface area contributed by atoms with Gasteiger partial charge in [-0.25, -0.2) is 9.78 Å². The van der Waals surface area contributed by atoms with Gasteiger partial charge in [0.25, 0.3) is 0 Å². The topological polar surface area (TPSA) is 73.2 Å². The number of nitrogens with one attached hydrogen (secondary N) is 1. The van der Waals surface area contributed by atoms with E-state index in [-0.39, 0.29) is 11.9 Å². The number of esters is 1. The fourth-order valence-corrected chi connectivity index (χ4v) is 4.60. The fraction of sp³-hybridized carbons (Fsp3) is 0.370. The summed E-state index contributed by atoms with van der Waals surface area (Å²) >= 11 is 0. The van der Waals surface area contributed by atoms with E-state index in [1.54, 1.807) is 17.1 Å². The molecule has 0 saturated heterocycles. The first kappa shape index (κ1) is 22.8. The molecule has 2 aromatic carbocycles. The van der Waals surface area contributed by atoms with Crippen molar-refractivity contribution in [3.8, 4) is 11.1 Å². The van der Waals surface area contributed by atoms with Crippen molar-refractivity contribution in [3.05, 3.63) is 72.2 Å². The maximum Gasteiger partial charge on any atom is 0.329 e. The Morgan fingerprint density at radius 2 is 1.67 bits per heavy atom. The molecule has 6 nitrogen and oxygen atoms in total. The monoisotopic (exact) mass is 445 g/mol.